The molecule has 0 aliphatic carbocycles. The number of fused-ring (bicyclic) bond motifs is 1. The maximum absolute atomic E-state index is 11.8. The van der Waals surface area contributed by atoms with E-state index in [0.717, 1.165) is 42.5 Å². The lowest BCUT2D eigenvalue weighted by atomic mass is 10.1. The summed E-state index contributed by atoms with van der Waals surface area (Å²) in [6, 6.07) is 10.0. The second-order valence-electron chi connectivity index (χ2n) is 6.55. The number of benzene rings is 1. The van der Waals surface area contributed by atoms with E-state index >= 15 is 0 Å². The molecule has 3 heterocycles. The number of para-hydroxylation sites is 1. The van der Waals surface area contributed by atoms with Crippen molar-refractivity contribution in [2.75, 3.05) is 23.7 Å². The molecule has 1 aliphatic rings. The van der Waals surface area contributed by atoms with Crippen LogP contribution in [-0.4, -0.2) is 40.0 Å². The molecule has 0 bridgehead atoms. The highest BCUT2D eigenvalue weighted by Crippen LogP contribution is 2.22. The largest absolute Gasteiger partial charge is 0.365 e. The van der Waals surface area contributed by atoms with Crippen LogP contribution >= 0.6 is 0 Å². The van der Waals surface area contributed by atoms with Gasteiger partial charge >= 0.3 is 0 Å². The number of carbonyl (C=O) groups excluding carboxylic acids is 1. The lowest BCUT2D eigenvalue weighted by Gasteiger charge is -2.24. The summed E-state index contributed by atoms with van der Waals surface area (Å²) in [4.78, 5) is 24.9. The third kappa shape index (κ3) is 3.95. The Hall–Kier alpha value is -3.26. The summed E-state index contributed by atoms with van der Waals surface area (Å²) >= 11 is 0. The minimum absolute atomic E-state index is 0.232. The van der Waals surface area contributed by atoms with Gasteiger partial charge in [-0.05, 0) is 31.5 Å². The summed E-state index contributed by atoms with van der Waals surface area (Å²) < 4.78 is 0. The molecule has 3 aromatic rings. The average Bonchev–Trinajstić information content (AvgIpc) is 2.69. The van der Waals surface area contributed by atoms with Crippen LogP contribution in [0, 0.1) is 0 Å². The number of carbonyl (C=O) groups is 1. The van der Waals surface area contributed by atoms with Crippen molar-refractivity contribution in [1.82, 2.24) is 20.3 Å². The number of piperidine rings is 1. The van der Waals surface area contributed by atoms with E-state index in [2.05, 4.69) is 30.9 Å². The molecular formula is C19H21N7O. The molecule has 4 rings (SSSR count). The molecule has 8 heteroatoms. The van der Waals surface area contributed by atoms with Crippen LogP contribution in [0.4, 0.5) is 17.5 Å². The normalized spacial score (nSPS) is 16.8. The van der Waals surface area contributed by atoms with Gasteiger partial charge in [-0.2, -0.15) is 4.98 Å². The SMILES string of the molecule is NC(=O)c1cnc(NC2CCCNC2)nc1Nc1cnc2ccccc2c1. The molecule has 1 aliphatic heterocycles. The second kappa shape index (κ2) is 7.55. The van der Waals surface area contributed by atoms with E-state index in [1.165, 1.54) is 6.20 Å². The minimum atomic E-state index is -0.586. The summed E-state index contributed by atoms with van der Waals surface area (Å²) in [5, 5.41) is 10.8. The van der Waals surface area contributed by atoms with Crippen molar-refractivity contribution < 1.29 is 4.79 Å². The fraction of sp³-hybridized carbons (Fsp3) is 0.263. The number of hydrogen-bond acceptors (Lipinski definition) is 7. The van der Waals surface area contributed by atoms with Crippen LogP contribution in [0.15, 0.2) is 42.7 Å². The zero-order chi connectivity index (χ0) is 18.6. The first kappa shape index (κ1) is 17.2. The molecule has 27 heavy (non-hydrogen) atoms. The number of pyridine rings is 1. The van der Waals surface area contributed by atoms with Gasteiger partial charge in [-0.25, -0.2) is 4.98 Å². The lowest BCUT2D eigenvalue weighted by Crippen LogP contribution is -2.38. The number of aromatic nitrogens is 3. The van der Waals surface area contributed by atoms with Gasteiger partial charge in [0.05, 0.1) is 17.4 Å². The Morgan fingerprint density at radius 3 is 2.93 bits per heavy atom. The van der Waals surface area contributed by atoms with Crippen molar-refractivity contribution in [2.24, 2.45) is 5.73 Å². The van der Waals surface area contributed by atoms with Crippen LogP contribution < -0.4 is 21.7 Å². The van der Waals surface area contributed by atoms with Crippen molar-refractivity contribution in [1.29, 1.82) is 0 Å². The van der Waals surface area contributed by atoms with Crippen LogP contribution in [0.5, 0.6) is 0 Å². The molecule has 1 aromatic carbocycles. The van der Waals surface area contributed by atoms with Gasteiger partial charge in [0.25, 0.3) is 5.91 Å². The average molecular weight is 363 g/mol. The Balaban J connectivity index is 1.61. The molecule has 138 valence electrons. The van der Waals surface area contributed by atoms with Gasteiger partial charge in [0.1, 0.15) is 11.4 Å². The van der Waals surface area contributed by atoms with Gasteiger partial charge < -0.3 is 21.7 Å². The molecule has 1 unspecified atom stereocenters. The van der Waals surface area contributed by atoms with E-state index in [1.807, 2.05) is 30.3 Å². The standard InChI is InChI=1S/C19H21N7O/c20-17(27)15-11-23-19(25-13-5-3-7-21-9-13)26-18(15)24-14-8-12-4-1-2-6-16(12)22-10-14/h1-2,4,6,8,10-11,13,21H,3,5,7,9H2,(H2,20,27)(H2,23,24,25,26). The third-order valence-corrected chi connectivity index (χ3v) is 4.54. The molecular weight excluding hydrogens is 342 g/mol. The predicted octanol–water partition coefficient (Wildman–Crippen LogP) is 2.03. The van der Waals surface area contributed by atoms with Crippen molar-refractivity contribution in [2.45, 2.75) is 18.9 Å². The molecule has 8 nitrogen and oxygen atoms in total. The van der Waals surface area contributed by atoms with Crippen molar-refractivity contribution >= 4 is 34.3 Å². The van der Waals surface area contributed by atoms with E-state index in [0.29, 0.717) is 11.8 Å². The second-order valence-corrected chi connectivity index (χ2v) is 6.55. The van der Waals surface area contributed by atoms with E-state index in [4.69, 9.17) is 5.73 Å². The Labute approximate surface area is 156 Å². The van der Waals surface area contributed by atoms with Gasteiger partial charge in [-0.3, -0.25) is 9.78 Å². The zero-order valence-corrected chi connectivity index (χ0v) is 14.8. The predicted molar refractivity (Wildman–Crippen MR) is 105 cm³/mol. The number of anilines is 3. The monoisotopic (exact) mass is 363 g/mol. The fourth-order valence-corrected chi connectivity index (χ4v) is 3.16. The van der Waals surface area contributed by atoms with Crippen LogP contribution in [0.25, 0.3) is 10.9 Å². The Morgan fingerprint density at radius 2 is 2.11 bits per heavy atom. The number of rotatable bonds is 5. The van der Waals surface area contributed by atoms with Crippen LogP contribution in [-0.2, 0) is 0 Å². The van der Waals surface area contributed by atoms with Gasteiger partial charge in [-0.15, -0.1) is 0 Å². The molecule has 1 fully saturated rings. The third-order valence-electron chi connectivity index (χ3n) is 4.54. The highest BCUT2D eigenvalue weighted by molar-refractivity contribution is 5.98. The van der Waals surface area contributed by atoms with E-state index in [-0.39, 0.29) is 11.6 Å². The zero-order valence-electron chi connectivity index (χ0n) is 14.8. The first-order chi connectivity index (χ1) is 13.2. The number of amides is 1. The lowest BCUT2D eigenvalue weighted by molar-refractivity contribution is 0.100. The van der Waals surface area contributed by atoms with Crippen LogP contribution in [0.2, 0.25) is 0 Å². The minimum Gasteiger partial charge on any atom is -0.365 e. The van der Waals surface area contributed by atoms with Crippen LogP contribution in [0.1, 0.15) is 23.2 Å². The first-order valence-electron chi connectivity index (χ1n) is 8.95. The Bertz CT molecular complexity index is 969. The quantitative estimate of drug-likeness (QED) is 0.548. The summed E-state index contributed by atoms with van der Waals surface area (Å²) in [6.45, 7) is 1.89. The summed E-state index contributed by atoms with van der Waals surface area (Å²) in [7, 11) is 0. The summed E-state index contributed by atoms with van der Waals surface area (Å²) in [6.07, 6.45) is 5.30. The van der Waals surface area contributed by atoms with Gasteiger partial charge in [-0.1, -0.05) is 18.2 Å². The number of primary amides is 1. The highest BCUT2D eigenvalue weighted by atomic mass is 16.1. The Kier molecular flexibility index (Phi) is 4.80. The molecule has 0 radical (unpaired) electrons. The maximum atomic E-state index is 11.8. The first-order valence-corrected chi connectivity index (χ1v) is 8.95. The molecule has 1 amide bonds. The molecule has 1 atom stereocenters. The number of nitrogens with zero attached hydrogens (tertiary/aromatic N) is 3. The molecule has 5 N–H and O–H groups in total. The van der Waals surface area contributed by atoms with Crippen LogP contribution in [0.3, 0.4) is 0 Å². The van der Waals surface area contributed by atoms with E-state index < -0.39 is 5.91 Å². The molecule has 2 aromatic heterocycles. The van der Waals surface area contributed by atoms with Gasteiger partial charge in [0.2, 0.25) is 5.95 Å². The smallest absolute Gasteiger partial charge is 0.254 e. The highest BCUT2D eigenvalue weighted by Gasteiger charge is 2.17. The van der Waals surface area contributed by atoms with Crippen molar-refractivity contribution in [3.8, 4) is 0 Å². The maximum Gasteiger partial charge on any atom is 0.254 e. The summed E-state index contributed by atoms with van der Waals surface area (Å²) in [5.41, 5.74) is 7.34. The summed E-state index contributed by atoms with van der Waals surface area (Å²) in [5.74, 6) is 0.239. The molecule has 1 saturated heterocycles. The number of nitrogens with one attached hydrogen (secondary N) is 3. The molecule has 0 saturated carbocycles. The van der Waals surface area contributed by atoms with Gasteiger partial charge in [0.15, 0.2) is 0 Å². The van der Waals surface area contributed by atoms with E-state index in [9.17, 15) is 4.79 Å². The van der Waals surface area contributed by atoms with Crippen molar-refractivity contribution in [3.05, 3.63) is 48.3 Å². The Morgan fingerprint density at radius 1 is 1.22 bits per heavy atom. The molecule has 0 spiro atoms. The topological polar surface area (TPSA) is 118 Å². The van der Waals surface area contributed by atoms with Gasteiger partial charge in [0, 0.05) is 24.2 Å². The van der Waals surface area contributed by atoms with Crippen molar-refractivity contribution in [3.63, 3.8) is 0 Å². The number of nitrogens with two attached hydrogens (primary N) is 1. The van der Waals surface area contributed by atoms with E-state index in [1.54, 1.807) is 6.20 Å². The fourth-order valence-electron chi connectivity index (χ4n) is 3.16. The number of hydrogen-bond donors (Lipinski definition) is 4.